The molecule has 1 aromatic carbocycles. The van der Waals surface area contributed by atoms with Gasteiger partial charge in [-0.25, -0.2) is 9.78 Å². The van der Waals surface area contributed by atoms with Gasteiger partial charge in [-0.15, -0.1) is 0 Å². The summed E-state index contributed by atoms with van der Waals surface area (Å²) >= 11 is 5.87. The molecule has 0 bridgehead atoms. The summed E-state index contributed by atoms with van der Waals surface area (Å²) in [4.78, 5) is 17.0. The number of hydrogen-bond donors (Lipinski definition) is 2. The van der Waals surface area contributed by atoms with Crippen molar-refractivity contribution in [2.45, 2.75) is 6.42 Å². The maximum Gasteiger partial charge on any atom is 0.346 e. The highest BCUT2D eigenvalue weighted by atomic mass is 35.5. The third-order valence-electron chi connectivity index (χ3n) is 2.21. The van der Waals surface area contributed by atoms with E-state index < -0.39 is 5.69 Å². The Labute approximate surface area is 97.1 Å². The molecule has 82 valence electrons. The summed E-state index contributed by atoms with van der Waals surface area (Å²) in [5.74, 6) is 0.347. The lowest BCUT2D eigenvalue weighted by molar-refractivity contribution is 1.03. The Hall–Kier alpha value is -1.81. The zero-order valence-electron chi connectivity index (χ0n) is 8.40. The van der Waals surface area contributed by atoms with Crippen LogP contribution in [-0.4, -0.2) is 9.97 Å². The summed E-state index contributed by atoms with van der Waals surface area (Å²) in [7, 11) is 0. The third-order valence-corrected chi connectivity index (χ3v) is 2.44. The van der Waals surface area contributed by atoms with Gasteiger partial charge in [-0.3, -0.25) is 4.98 Å². The van der Waals surface area contributed by atoms with E-state index in [2.05, 4.69) is 9.97 Å². The van der Waals surface area contributed by atoms with Crippen molar-refractivity contribution in [2.24, 2.45) is 0 Å². The number of aromatic amines is 1. The number of nitrogens with two attached hydrogens (primary N) is 1. The van der Waals surface area contributed by atoms with Gasteiger partial charge >= 0.3 is 5.69 Å². The molecule has 0 radical (unpaired) electrons. The number of aromatic nitrogens is 2. The van der Waals surface area contributed by atoms with Gasteiger partial charge in [-0.1, -0.05) is 23.7 Å². The van der Waals surface area contributed by atoms with E-state index in [0.717, 1.165) is 11.1 Å². The number of benzene rings is 1. The van der Waals surface area contributed by atoms with Crippen LogP contribution in [-0.2, 0) is 6.42 Å². The van der Waals surface area contributed by atoms with Gasteiger partial charge in [0.05, 0.1) is 0 Å². The van der Waals surface area contributed by atoms with Crippen LogP contribution in [0.3, 0.4) is 0 Å². The highest BCUT2D eigenvalue weighted by Gasteiger charge is 2.02. The predicted octanol–water partition coefficient (Wildman–Crippen LogP) is 1.60. The molecule has 0 unspecified atom stereocenters. The van der Waals surface area contributed by atoms with E-state index in [-0.39, 0.29) is 0 Å². The Morgan fingerprint density at radius 3 is 2.94 bits per heavy atom. The number of rotatable bonds is 2. The summed E-state index contributed by atoms with van der Waals surface area (Å²) in [6, 6.07) is 7.47. The quantitative estimate of drug-likeness (QED) is 0.831. The Bertz CT molecular complexity index is 565. The molecular weight excluding hydrogens is 226 g/mol. The smallest absolute Gasteiger partial charge is 0.346 e. The minimum absolute atomic E-state index is 0.347. The van der Waals surface area contributed by atoms with Gasteiger partial charge in [0.25, 0.3) is 0 Å². The van der Waals surface area contributed by atoms with Crippen molar-refractivity contribution in [1.82, 2.24) is 9.97 Å². The van der Waals surface area contributed by atoms with E-state index in [1.165, 1.54) is 6.20 Å². The largest absolute Gasteiger partial charge is 0.385 e. The molecule has 0 atom stereocenters. The molecule has 3 N–H and O–H groups in total. The first-order valence-electron chi connectivity index (χ1n) is 4.73. The fourth-order valence-corrected chi connectivity index (χ4v) is 1.65. The average Bonchev–Trinajstić information content (AvgIpc) is 2.22. The molecule has 0 amide bonds. The predicted molar refractivity (Wildman–Crippen MR) is 63.5 cm³/mol. The van der Waals surface area contributed by atoms with E-state index in [1.807, 2.05) is 18.2 Å². The second-order valence-corrected chi connectivity index (χ2v) is 3.87. The first kappa shape index (κ1) is 10.7. The molecule has 0 aliphatic carbocycles. The van der Waals surface area contributed by atoms with Crippen LogP contribution < -0.4 is 11.4 Å². The second kappa shape index (κ2) is 4.37. The van der Waals surface area contributed by atoms with Gasteiger partial charge in [-0.05, 0) is 17.7 Å². The van der Waals surface area contributed by atoms with Crippen LogP contribution in [0.4, 0.5) is 5.82 Å². The number of nitrogen functional groups attached to an aromatic ring is 1. The lowest BCUT2D eigenvalue weighted by Gasteiger charge is -2.04. The second-order valence-electron chi connectivity index (χ2n) is 3.43. The van der Waals surface area contributed by atoms with Crippen LogP contribution in [0.25, 0.3) is 0 Å². The monoisotopic (exact) mass is 235 g/mol. The van der Waals surface area contributed by atoms with Crippen molar-refractivity contribution >= 4 is 17.4 Å². The number of halogens is 1. The number of hydrogen-bond acceptors (Lipinski definition) is 3. The topological polar surface area (TPSA) is 71.8 Å². The van der Waals surface area contributed by atoms with E-state index in [4.69, 9.17) is 17.3 Å². The number of anilines is 1. The first-order chi connectivity index (χ1) is 7.65. The molecular formula is C11H10ClN3O. The standard InChI is InChI=1S/C11H10ClN3O/c12-9-3-1-2-7(5-9)4-8-6-14-11(16)15-10(8)13/h1-3,5-6H,4H2,(H3,13,14,15,16). The number of nitrogens with zero attached hydrogens (tertiary/aromatic N) is 1. The third kappa shape index (κ3) is 2.41. The van der Waals surface area contributed by atoms with E-state index in [0.29, 0.717) is 17.3 Å². The van der Waals surface area contributed by atoms with Crippen molar-refractivity contribution < 1.29 is 0 Å². The Balaban J connectivity index is 2.30. The van der Waals surface area contributed by atoms with Gasteiger partial charge < -0.3 is 5.73 Å². The average molecular weight is 236 g/mol. The minimum Gasteiger partial charge on any atom is -0.385 e. The Morgan fingerprint density at radius 2 is 2.25 bits per heavy atom. The number of H-pyrrole nitrogens is 1. The Kier molecular flexibility index (Phi) is 2.92. The molecule has 4 nitrogen and oxygen atoms in total. The molecule has 2 rings (SSSR count). The van der Waals surface area contributed by atoms with E-state index >= 15 is 0 Å². The normalized spacial score (nSPS) is 10.3. The number of nitrogens with one attached hydrogen (secondary N) is 1. The van der Waals surface area contributed by atoms with E-state index in [9.17, 15) is 4.79 Å². The summed E-state index contributed by atoms with van der Waals surface area (Å²) < 4.78 is 0. The molecule has 0 saturated heterocycles. The molecule has 0 aliphatic heterocycles. The van der Waals surface area contributed by atoms with Gasteiger partial charge in [0.2, 0.25) is 0 Å². The van der Waals surface area contributed by atoms with Crippen LogP contribution in [0.5, 0.6) is 0 Å². The molecule has 16 heavy (non-hydrogen) atoms. The van der Waals surface area contributed by atoms with Crippen LogP contribution in [0, 0.1) is 0 Å². The fraction of sp³-hybridized carbons (Fsp3) is 0.0909. The van der Waals surface area contributed by atoms with Gasteiger partial charge in [0, 0.05) is 23.2 Å². The molecule has 0 aliphatic rings. The molecule has 5 heteroatoms. The van der Waals surface area contributed by atoms with Crippen LogP contribution in [0.15, 0.2) is 35.3 Å². The van der Waals surface area contributed by atoms with Crippen molar-refractivity contribution in [3.8, 4) is 0 Å². The SMILES string of the molecule is Nc1[nH]c(=O)ncc1Cc1cccc(Cl)c1. The first-order valence-corrected chi connectivity index (χ1v) is 5.11. The maximum absolute atomic E-state index is 10.9. The molecule has 0 fully saturated rings. The fourth-order valence-electron chi connectivity index (χ4n) is 1.44. The van der Waals surface area contributed by atoms with Crippen LogP contribution >= 0.6 is 11.6 Å². The van der Waals surface area contributed by atoms with Gasteiger partial charge in [-0.2, -0.15) is 0 Å². The zero-order chi connectivity index (χ0) is 11.5. The van der Waals surface area contributed by atoms with E-state index in [1.54, 1.807) is 6.07 Å². The summed E-state index contributed by atoms with van der Waals surface area (Å²) in [5, 5.41) is 0.674. The highest BCUT2D eigenvalue weighted by Crippen LogP contribution is 2.15. The summed E-state index contributed by atoms with van der Waals surface area (Å²) in [6.07, 6.45) is 2.07. The van der Waals surface area contributed by atoms with Crippen molar-refractivity contribution in [1.29, 1.82) is 0 Å². The van der Waals surface area contributed by atoms with Crippen LogP contribution in [0.2, 0.25) is 5.02 Å². The minimum atomic E-state index is -0.438. The van der Waals surface area contributed by atoms with Crippen molar-refractivity contribution in [2.75, 3.05) is 5.73 Å². The molecule has 0 saturated carbocycles. The van der Waals surface area contributed by atoms with Crippen molar-refractivity contribution in [3.05, 3.63) is 57.1 Å². The van der Waals surface area contributed by atoms with Crippen molar-refractivity contribution in [3.63, 3.8) is 0 Å². The molecule has 0 spiro atoms. The summed E-state index contributed by atoms with van der Waals surface area (Å²) in [6.45, 7) is 0. The van der Waals surface area contributed by atoms with Gasteiger partial charge in [0.15, 0.2) is 0 Å². The molecule has 1 aromatic heterocycles. The highest BCUT2D eigenvalue weighted by molar-refractivity contribution is 6.30. The van der Waals surface area contributed by atoms with Gasteiger partial charge in [0.1, 0.15) is 5.82 Å². The maximum atomic E-state index is 10.9. The molecule has 2 aromatic rings. The lowest BCUT2D eigenvalue weighted by atomic mass is 10.1. The lowest BCUT2D eigenvalue weighted by Crippen LogP contribution is -2.14. The Morgan fingerprint density at radius 1 is 1.44 bits per heavy atom. The molecule has 1 heterocycles. The zero-order valence-corrected chi connectivity index (χ0v) is 9.16. The summed E-state index contributed by atoms with van der Waals surface area (Å²) in [5.41, 5.74) is 7.04. The van der Waals surface area contributed by atoms with Crippen LogP contribution in [0.1, 0.15) is 11.1 Å².